The van der Waals surface area contributed by atoms with Crippen LogP contribution in [0.4, 0.5) is 0 Å². The van der Waals surface area contributed by atoms with Gasteiger partial charge in [0.2, 0.25) is 0 Å². The predicted molar refractivity (Wildman–Crippen MR) is 68.7 cm³/mol. The van der Waals surface area contributed by atoms with Crippen LogP contribution in [0.2, 0.25) is 0 Å². The lowest BCUT2D eigenvalue weighted by molar-refractivity contribution is -0.0174. The molecule has 1 heterocycles. The molecule has 3 nitrogen and oxygen atoms in total. The molecule has 1 aliphatic carbocycles. The second-order valence-electron chi connectivity index (χ2n) is 6.63. The lowest BCUT2D eigenvalue weighted by Gasteiger charge is -2.36. The van der Waals surface area contributed by atoms with E-state index in [2.05, 4.69) is 13.8 Å². The van der Waals surface area contributed by atoms with Crippen molar-refractivity contribution in [3.05, 3.63) is 0 Å². The van der Waals surface area contributed by atoms with Crippen molar-refractivity contribution in [2.75, 3.05) is 13.2 Å². The molecule has 17 heavy (non-hydrogen) atoms. The molecule has 1 saturated carbocycles. The first-order chi connectivity index (χ1) is 8.00. The number of hydrogen-bond donors (Lipinski definition) is 2. The van der Waals surface area contributed by atoms with E-state index in [1.807, 2.05) is 0 Å². The van der Waals surface area contributed by atoms with E-state index in [-0.39, 0.29) is 16.9 Å². The van der Waals surface area contributed by atoms with Gasteiger partial charge in [0, 0.05) is 18.6 Å². The molecule has 2 fully saturated rings. The smallest absolute Gasteiger partial charge is 0.0659 e. The average molecular weight is 241 g/mol. The topological polar surface area (TPSA) is 55.5 Å². The number of hydrogen-bond acceptors (Lipinski definition) is 3. The van der Waals surface area contributed by atoms with Gasteiger partial charge in [0.1, 0.15) is 0 Å². The Balaban J connectivity index is 1.95. The Hall–Kier alpha value is -0.120. The molecule has 0 spiro atoms. The second kappa shape index (κ2) is 4.87. The minimum Gasteiger partial charge on any atom is -0.392 e. The highest BCUT2D eigenvalue weighted by atomic mass is 16.5. The molecular formula is C14H27NO2. The van der Waals surface area contributed by atoms with Crippen molar-refractivity contribution in [3.8, 4) is 0 Å². The Morgan fingerprint density at radius 1 is 1.35 bits per heavy atom. The zero-order valence-electron chi connectivity index (χ0n) is 11.2. The van der Waals surface area contributed by atoms with Gasteiger partial charge in [-0.15, -0.1) is 0 Å². The molecule has 100 valence electrons. The molecule has 1 saturated heterocycles. The molecule has 1 aliphatic heterocycles. The van der Waals surface area contributed by atoms with Crippen molar-refractivity contribution in [2.24, 2.45) is 16.6 Å². The zero-order valence-corrected chi connectivity index (χ0v) is 11.2. The summed E-state index contributed by atoms with van der Waals surface area (Å²) < 4.78 is 5.67. The number of nitrogens with two attached hydrogens (primary N) is 1. The van der Waals surface area contributed by atoms with Gasteiger partial charge in [0.15, 0.2) is 0 Å². The Morgan fingerprint density at radius 3 is 2.59 bits per heavy atom. The second-order valence-corrected chi connectivity index (χ2v) is 6.63. The molecule has 2 rings (SSSR count). The van der Waals surface area contributed by atoms with E-state index >= 15 is 0 Å². The van der Waals surface area contributed by atoms with Gasteiger partial charge in [-0.05, 0) is 43.9 Å². The Morgan fingerprint density at radius 2 is 2.12 bits per heavy atom. The molecule has 0 amide bonds. The Labute approximate surface area is 105 Å². The van der Waals surface area contributed by atoms with Crippen LogP contribution in [-0.4, -0.2) is 30.5 Å². The Kier molecular flexibility index (Phi) is 3.81. The third-order valence-corrected chi connectivity index (χ3v) is 4.98. The monoisotopic (exact) mass is 241 g/mol. The molecule has 0 aromatic heterocycles. The van der Waals surface area contributed by atoms with E-state index < -0.39 is 0 Å². The highest BCUT2D eigenvalue weighted by Gasteiger charge is 2.50. The first kappa shape index (κ1) is 13.3. The van der Waals surface area contributed by atoms with Crippen LogP contribution >= 0.6 is 0 Å². The lowest BCUT2D eigenvalue weighted by atomic mass is 9.74. The van der Waals surface area contributed by atoms with Gasteiger partial charge in [0.05, 0.1) is 12.2 Å². The van der Waals surface area contributed by atoms with E-state index in [1.165, 1.54) is 12.8 Å². The zero-order chi connectivity index (χ0) is 12.5. The van der Waals surface area contributed by atoms with Gasteiger partial charge in [-0.3, -0.25) is 0 Å². The summed E-state index contributed by atoms with van der Waals surface area (Å²) in [5.41, 5.74) is 5.93. The molecule has 2 aliphatic rings. The van der Waals surface area contributed by atoms with E-state index in [0.29, 0.717) is 12.6 Å². The summed E-state index contributed by atoms with van der Waals surface area (Å²) >= 11 is 0. The Bertz CT molecular complexity index is 261. The third-order valence-electron chi connectivity index (χ3n) is 4.98. The third kappa shape index (κ3) is 2.51. The largest absolute Gasteiger partial charge is 0.392 e. The molecule has 0 aromatic rings. The van der Waals surface area contributed by atoms with Crippen LogP contribution in [0.5, 0.6) is 0 Å². The van der Waals surface area contributed by atoms with Crippen molar-refractivity contribution < 1.29 is 9.84 Å². The molecule has 3 heteroatoms. The summed E-state index contributed by atoms with van der Waals surface area (Å²) in [5.74, 6) is 0. The van der Waals surface area contributed by atoms with Crippen LogP contribution in [0.1, 0.15) is 52.4 Å². The highest BCUT2D eigenvalue weighted by molar-refractivity contribution is 5.02. The minimum atomic E-state index is -0.263. The van der Waals surface area contributed by atoms with Gasteiger partial charge in [0.25, 0.3) is 0 Å². The molecular weight excluding hydrogens is 214 g/mol. The summed E-state index contributed by atoms with van der Waals surface area (Å²) in [6.45, 7) is 5.82. The molecule has 0 radical (unpaired) electrons. The fraction of sp³-hybridized carbons (Fsp3) is 1.00. The van der Waals surface area contributed by atoms with Crippen molar-refractivity contribution in [3.63, 3.8) is 0 Å². The predicted octanol–water partition coefficient (Wildman–Crippen LogP) is 2.07. The van der Waals surface area contributed by atoms with E-state index in [0.717, 1.165) is 32.3 Å². The SMILES string of the molecule is CC1(C)CCC(CN)(CCC2CCCO2)C1O. The normalized spacial score (nSPS) is 40.9. The minimum absolute atomic E-state index is 0.0237. The number of rotatable bonds is 4. The average Bonchev–Trinajstić information content (AvgIpc) is 2.88. The summed E-state index contributed by atoms with van der Waals surface area (Å²) in [5, 5.41) is 10.5. The lowest BCUT2D eigenvalue weighted by Crippen LogP contribution is -2.43. The molecule has 0 bridgehead atoms. The maximum atomic E-state index is 10.5. The van der Waals surface area contributed by atoms with E-state index in [1.54, 1.807) is 0 Å². The molecule has 3 unspecified atom stereocenters. The van der Waals surface area contributed by atoms with Gasteiger partial charge in [-0.2, -0.15) is 0 Å². The van der Waals surface area contributed by atoms with Crippen molar-refractivity contribution >= 4 is 0 Å². The van der Waals surface area contributed by atoms with Crippen LogP contribution in [0.3, 0.4) is 0 Å². The quantitative estimate of drug-likeness (QED) is 0.792. The maximum Gasteiger partial charge on any atom is 0.0659 e. The summed E-state index contributed by atoms with van der Waals surface area (Å²) in [6, 6.07) is 0. The van der Waals surface area contributed by atoms with Gasteiger partial charge < -0.3 is 15.6 Å². The fourth-order valence-electron chi connectivity index (χ4n) is 3.57. The number of aliphatic hydroxyl groups is 1. The summed E-state index contributed by atoms with van der Waals surface area (Å²) in [4.78, 5) is 0. The van der Waals surface area contributed by atoms with Crippen molar-refractivity contribution in [1.82, 2.24) is 0 Å². The van der Waals surface area contributed by atoms with Gasteiger partial charge >= 0.3 is 0 Å². The standard InChI is InChI=1S/C14H27NO2/c1-13(2)7-8-14(10-15,12(13)16)6-5-11-4-3-9-17-11/h11-12,16H,3-10,15H2,1-2H3. The molecule has 3 N–H and O–H groups in total. The van der Waals surface area contributed by atoms with Crippen LogP contribution in [0, 0.1) is 10.8 Å². The van der Waals surface area contributed by atoms with E-state index in [4.69, 9.17) is 10.5 Å². The van der Waals surface area contributed by atoms with E-state index in [9.17, 15) is 5.11 Å². The van der Waals surface area contributed by atoms with Crippen molar-refractivity contribution in [1.29, 1.82) is 0 Å². The summed E-state index contributed by atoms with van der Waals surface area (Å²) in [6.07, 6.45) is 6.73. The van der Waals surface area contributed by atoms with Gasteiger partial charge in [-0.25, -0.2) is 0 Å². The fourth-order valence-corrected chi connectivity index (χ4v) is 3.57. The first-order valence-electron chi connectivity index (χ1n) is 7.00. The first-order valence-corrected chi connectivity index (χ1v) is 7.00. The molecule has 0 aromatic carbocycles. The maximum absolute atomic E-state index is 10.5. The van der Waals surface area contributed by atoms with Gasteiger partial charge in [-0.1, -0.05) is 13.8 Å². The highest BCUT2D eigenvalue weighted by Crippen LogP contribution is 2.51. The van der Waals surface area contributed by atoms with Crippen LogP contribution in [0.25, 0.3) is 0 Å². The van der Waals surface area contributed by atoms with Crippen LogP contribution in [0.15, 0.2) is 0 Å². The molecule has 3 atom stereocenters. The van der Waals surface area contributed by atoms with Crippen LogP contribution < -0.4 is 5.73 Å². The summed E-state index contributed by atoms with van der Waals surface area (Å²) in [7, 11) is 0. The number of aliphatic hydroxyl groups excluding tert-OH is 1. The van der Waals surface area contributed by atoms with Crippen molar-refractivity contribution in [2.45, 2.75) is 64.6 Å². The van der Waals surface area contributed by atoms with Crippen LogP contribution in [-0.2, 0) is 4.74 Å². The number of ether oxygens (including phenoxy) is 1.